The first-order valence-electron chi connectivity index (χ1n) is 13.3. The van der Waals surface area contributed by atoms with Crippen molar-refractivity contribution in [1.29, 1.82) is 0 Å². The maximum absolute atomic E-state index is 10.1. The van der Waals surface area contributed by atoms with Crippen LogP contribution in [0.3, 0.4) is 0 Å². The summed E-state index contributed by atoms with van der Waals surface area (Å²) in [4.78, 5) is 35.4. The van der Waals surface area contributed by atoms with Crippen molar-refractivity contribution in [2.75, 3.05) is 118 Å². The first-order chi connectivity index (χ1) is 20.3. The fourth-order valence-electron chi connectivity index (χ4n) is 2.96. The molecule has 22 heteroatoms. The average Bonchev–Trinajstić information content (AvgIpc) is 2.90. The van der Waals surface area contributed by atoms with E-state index in [0.717, 1.165) is 0 Å². The van der Waals surface area contributed by atoms with E-state index in [9.17, 15) is 29.7 Å². The molecule has 10 N–H and O–H groups in total. The molecule has 0 radical (unpaired) electrons. The summed E-state index contributed by atoms with van der Waals surface area (Å²) in [6.45, 7) is 5.26. The molecule has 0 aliphatic rings. The third-order valence-electron chi connectivity index (χ3n) is 5.00. The zero-order valence-corrected chi connectivity index (χ0v) is 33.4. The number of aliphatic carboxylic acids is 3. The number of carbonyl (C=O) groups is 3. The van der Waals surface area contributed by atoms with E-state index in [2.05, 4.69) is 0 Å². The Morgan fingerprint density at radius 3 is 0.652 bits per heavy atom. The molecule has 0 aliphatic heterocycles. The summed E-state index contributed by atoms with van der Waals surface area (Å²) < 4.78 is 0. The molecule has 0 amide bonds. The van der Waals surface area contributed by atoms with Crippen LogP contribution in [0.5, 0.6) is 0 Å². The first-order valence-corrected chi connectivity index (χ1v) is 13.3. The Kier molecular flexibility index (Phi) is 61.9. The van der Waals surface area contributed by atoms with Gasteiger partial charge in [0.2, 0.25) is 0 Å². The monoisotopic (exact) mass is 705 g/mol. The van der Waals surface area contributed by atoms with Crippen LogP contribution in [0.15, 0.2) is 0 Å². The van der Waals surface area contributed by atoms with Crippen LogP contribution < -0.4 is 104 Å². The van der Waals surface area contributed by atoms with Crippen molar-refractivity contribution in [2.24, 2.45) is 0 Å². The van der Waals surface area contributed by atoms with Crippen LogP contribution in [0.2, 0.25) is 0 Å². The van der Waals surface area contributed by atoms with Crippen LogP contribution in [0, 0.1) is 0 Å². The van der Waals surface area contributed by atoms with Crippen molar-refractivity contribution in [1.82, 2.24) is 14.7 Å². The number of carbonyl (C=O) groups excluding carboxylic acids is 3. The minimum Gasteiger partial charge on any atom is -0.550 e. The van der Waals surface area contributed by atoms with Gasteiger partial charge in [0.05, 0.1) is 65.4 Å². The van der Waals surface area contributed by atoms with E-state index in [4.69, 9.17) is 51.1 Å². The molecule has 0 saturated carbocycles. The number of aliphatic hydroxyl groups excluding tert-OH is 9. The van der Waals surface area contributed by atoms with Gasteiger partial charge in [-0.15, -0.1) is 0 Å². The number of hydrogen-bond donors (Lipinski definition) is 10. The SMILES string of the molecule is O=C([O-])CC(O)(CC(=O)[O-])C(=O)[O-].OCCN(CCO)CCO.OCCN(CCO)CCO.OCCN(CCO)CCO.[Na+].[Na+].[Na+]. The summed E-state index contributed by atoms with van der Waals surface area (Å²) in [5, 5.41) is 115. The van der Waals surface area contributed by atoms with Gasteiger partial charge in [0, 0.05) is 83.7 Å². The van der Waals surface area contributed by atoms with Gasteiger partial charge in [0.25, 0.3) is 0 Å². The van der Waals surface area contributed by atoms with Gasteiger partial charge in [-0.1, -0.05) is 0 Å². The molecule has 0 fully saturated rings. The molecule has 0 atom stereocenters. The predicted octanol–water partition coefficient (Wildman–Crippen LogP) is -19.4. The van der Waals surface area contributed by atoms with E-state index in [-0.39, 0.29) is 148 Å². The van der Waals surface area contributed by atoms with Crippen LogP contribution in [0.1, 0.15) is 12.8 Å². The molecule has 0 aromatic rings. The van der Waals surface area contributed by atoms with Gasteiger partial charge in [-0.05, 0) is 0 Å². The second-order valence-electron chi connectivity index (χ2n) is 8.45. The van der Waals surface area contributed by atoms with E-state index < -0.39 is 36.4 Å². The molecule has 0 saturated heterocycles. The van der Waals surface area contributed by atoms with Crippen molar-refractivity contribution in [3.63, 3.8) is 0 Å². The molecule has 0 bridgehead atoms. The number of nitrogens with zero attached hydrogens (tertiary/aromatic N) is 3. The van der Waals surface area contributed by atoms with Gasteiger partial charge in [-0.3, -0.25) is 14.7 Å². The molecule has 0 aliphatic carbocycles. The van der Waals surface area contributed by atoms with E-state index >= 15 is 0 Å². The average molecular weight is 706 g/mol. The number of hydrogen-bond acceptors (Lipinski definition) is 19. The standard InChI is InChI=1S/3C6H15NO3.C6H8O7.3Na/c3*8-4-1-7(2-5-9)3-6-10;7-3(8)1-6(13,5(11)12)2-4(9)10;;;/h3*8-10H,1-6H2;13H,1-2H2,(H,7,8)(H,9,10)(H,11,12);;;/q;;;;3*+1/p-3. The molecule has 0 spiro atoms. The van der Waals surface area contributed by atoms with Crippen LogP contribution in [-0.2, 0) is 14.4 Å². The summed E-state index contributed by atoms with van der Waals surface area (Å²) in [6.07, 6.45) is -2.72. The van der Waals surface area contributed by atoms with Gasteiger partial charge in [-0.2, -0.15) is 0 Å². The van der Waals surface area contributed by atoms with Crippen molar-refractivity contribution in [3.8, 4) is 0 Å². The number of aliphatic hydroxyl groups is 10. The molecule has 46 heavy (non-hydrogen) atoms. The zero-order valence-electron chi connectivity index (χ0n) is 27.4. The predicted molar refractivity (Wildman–Crippen MR) is 142 cm³/mol. The van der Waals surface area contributed by atoms with Gasteiger partial charge in [-0.25, -0.2) is 0 Å². The van der Waals surface area contributed by atoms with E-state index in [1.165, 1.54) is 0 Å². The van der Waals surface area contributed by atoms with Crippen molar-refractivity contribution >= 4 is 17.9 Å². The Morgan fingerprint density at radius 1 is 0.413 bits per heavy atom. The molecular weight excluding hydrogens is 655 g/mol. The normalized spacial score (nSPS) is 10.1. The molecule has 0 aromatic heterocycles. The molecule has 0 aromatic carbocycles. The van der Waals surface area contributed by atoms with Crippen molar-refractivity contribution < 1.29 is 169 Å². The maximum Gasteiger partial charge on any atom is 1.00 e. The van der Waals surface area contributed by atoms with E-state index in [1.807, 2.05) is 0 Å². The molecule has 0 unspecified atom stereocenters. The largest absolute Gasteiger partial charge is 1.00 e. The number of carboxylic acids is 3. The van der Waals surface area contributed by atoms with E-state index in [0.29, 0.717) is 58.9 Å². The molecule has 0 rings (SSSR count). The molecule has 260 valence electrons. The Morgan fingerprint density at radius 2 is 0.565 bits per heavy atom. The van der Waals surface area contributed by atoms with Crippen LogP contribution in [-0.4, -0.2) is 208 Å². The number of carboxylic acid groups (broad SMARTS) is 3. The summed E-state index contributed by atoms with van der Waals surface area (Å²) in [6, 6.07) is 0. The topological polar surface area (TPSA) is 332 Å². The molecule has 19 nitrogen and oxygen atoms in total. The Bertz CT molecular complexity index is 562. The smallest absolute Gasteiger partial charge is 0.550 e. The minimum atomic E-state index is -2.97. The third-order valence-corrected chi connectivity index (χ3v) is 5.00. The summed E-state index contributed by atoms with van der Waals surface area (Å²) >= 11 is 0. The fourth-order valence-corrected chi connectivity index (χ4v) is 2.96. The Labute approximate surface area is 335 Å². The van der Waals surface area contributed by atoms with Gasteiger partial charge in [0.1, 0.15) is 5.60 Å². The Balaban J connectivity index is -0.0000000869. The quantitative estimate of drug-likeness (QED) is 0.0441. The first kappa shape index (κ1) is 62.1. The molecular formula is C24H50N3Na3O16. The van der Waals surface area contributed by atoms with Gasteiger partial charge < -0.3 is 80.8 Å². The summed E-state index contributed by atoms with van der Waals surface area (Å²) in [5.41, 5.74) is -2.97. The zero-order chi connectivity index (χ0) is 34.1. The Hall–Kier alpha value is 0.890. The van der Waals surface area contributed by atoms with Gasteiger partial charge in [0.15, 0.2) is 0 Å². The summed E-state index contributed by atoms with van der Waals surface area (Å²) in [7, 11) is 0. The van der Waals surface area contributed by atoms with Crippen LogP contribution in [0.25, 0.3) is 0 Å². The van der Waals surface area contributed by atoms with E-state index in [1.54, 1.807) is 14.7 Å². The van der Waals surface area contributed by atoms with Crippen LogP contribution >= 0.6 is 0 Å². The fraction of sp³-hybridized carbons (Fsp3) is 0.875. The number of rotatable bonds is 23. The maximum atomic E-state index is 10.1. The third kappa shape index (κ3) is 44.9. The molecule has 0 heterocycles. The summed E-state index contributed by atoms with van der Waals surface area (Å²) in [5.74, 6) is -5.98. The minimum absolute atomic E-state index is 0. The van der Waals surface area contributed by atoms with Gasteiger partial charge >= 0.3 is 88.7 Å². The van der Waals surface area contributed by atoms with Crippen LogP contribution in [0.4, 0.5) is 0 Å². The van der Waals surface area contributed by atoms with Crippen molar-refractivity contribution in [2.45, 2.75) is 18.4 Å². The second kappa shape index (κ2) is 45.9. The second-order valence-corrected chi connectivity index (χ2v) is 8.45. The van der Waals surface area contributed by atoms with Crippen molar-refractivity contribution in [3.05, 3.63) is 0 Å².